The molecule has 3 aromatic rings. The molecule has 0 radical (unpaired) electrons. The molecule has 1 aromatic heterocycles. The van der Waals surface area contributed by atoms with Gasteiger partial charge in [0.05, 0.1) is 25.0 Å². The lowest BCUT2D eigenvalue weighted by Gasteiger charge is -2.27. The largest absolute Gasteiger partial charge is 0.438 e. The molecule has 2 fully saturated rings. The summed E-state index contributed by atoms with van der Waals surface area (Å²) in [7, 11) is -3.51. The fourth-order valence-corrected chi connectivity index (χ4v) is 5.96. The normalized spacial score (nSPS) is 18.8. The van der Waals surface area contributed by atoms with Gasteiger partial charge in [-0.3, -0.25) is 4.90 Å². The number of aromatic nitrogens is 2. The van der Waals surface area contributed by atoms with Crippen molar-refractivity contribution in [3.63, 3.8) is 0 Å². The standard InChI is InChI=1S/C25H26ClN5O5S/c26-20-6-8-21(9-7-20)31-23(19-3-1-4-22(17-19)36-24-5-2-10-27-28-24)18-29(25(31)32)13-16-37(33,34)30-11-14-35-15-12-30/h1-10,17,23H,11-16,18H2/t23-/m1/s1. The highest BCUT2D eigenvalue weighted by atomic mass is 35.5. The number of rotatable bonds is 8. The van der Waals surface area contributed by atoms with Gasteiger partial charge in [0.15, 0.2) is 0 Å². The second kappa shape index (κ2) is 11.0. The van der Waals surface area contributed by atoms with Crippen LogP contribution < -0.4 is 9.64 Å². The molecular formula is C25H26ClN5O5S. The molecule has 0 saturated carbocycles. The molecule has 2 aliphatic rings. The lowest BCUT2D eigenvalue weighted by Crippen LogP contribution is -2.44. The van der Waals surface area contributed by atoms with Gasteiger partial charge in [-0.15, -0.1) is 5.10 Å². The van der Waals surface area contributed by atoms with E-state index in [0.29, 0.717) is 55.2 Å². The van der Waals surface area contributed by atoms with Gasteiger partial charge in [-0.05, 0) is 48.0 Å². The molecule has 0 N–H and O–H groups in total. The molecule has 1 atom stereocenters. The predicted molar refractivity (Wildman–Crippen MR) is 138 cm³/mol. The number of nitrogens with zero attached hydrogens (tertiary/aromatic N) is 5. The van der Waals surface area contributed by atoms with Crippen molar-refractivity contribution in [1.29, 1.82) is 0 Å². The number of urea groups is 1. The van der Waals surface area contributed by atoms with E-state index in [-0.39, 0.29) is 24.4 Å². The molecule has 0 bridgehead atoms. The Labute approximate surface area is 220 Å². The SMILES string of the molecule is O=C1N(CCS(=O)(=O)N2CCOCC2)C[C@H](c2cccc(Oc3cccnn3)c2)N1c1ccc(Cl)cc1. The summed E-state index contributed by atoms with van der Waals surface area (Å²) in [5.74, 6) is 0.747. The summed E-state index contributed by atoms with van der Waals surface area (Å²) in [5.41, 5.74) is 1.50. The van der Waals surface area contributed by atoms with E-state index in [2.05, 4.69) is 10.2 Å². The van der Waals surface area contributed by atoms with E-state index in [1.807, 2.05) is 18.2 Å². The first-order valence-electron chi connectivity index (χ1n) is 11.9. The number of halogens is 1. The number of amides is 2. The Hall–Kier alpha value is -3.25. The predicted octanol–water partition coefficient (Wildman–Crippen LogP) is 3.57. The number of ether oxygens (including phenoxy) is 2. The van der Waals surface area contributed by atoms with Crippen molar-refractivity contribution >= 4 is 33.3 Å². The Morgan fingerprint density at radius 3 is 2.57 bits per heavy atom. The van der Waals surface area contributed by atoms with Crippen LogP contribution in [0.5, 0.6) is 11.6 Å². The molecule has 5 rings (SSSR count). The highest BCUT2D eigenvalue weighted by Gasteiger charge is 2.40. The first-order valence-corrected chi connectivity index (χ1v) is 13.8. The Kier molecular flexibility index (Phi) is 7.56. The second-order valence-electron chi connectivity index (χ2n) is 8.65. The third-order valence-electron chi connectivity index (χ3n) is 6.28. The van der Waals surface area contributed by atoms with E-state index < -0.39 is 10.0 Å². The number of benzene rings is 2. The zero-order chi connectivity index (χ0) is 25.8. The van der Waals surface area contributed by atoms with Crippen LogP contribution >= 0.6 is 11.6 Å². The van der Waals surface area contributed by atoms with Crippen LogP contribution in [0.15, 0.2) is 66.9 Å². The fraction of sp³-hybridized carbons (Fsp3) is 0.320. The number of hydrogen-bond donors (Lipinski definition) is 0. The first kappa shape index (κ1) is 25.4. The van der Waals surface area contributed by atoms with Crippen molar-refractivity contribution < 1.29 is 22.7 Å². The summed E-state index contributed by atoms with van der Waals surface area (Å²) >= 11 is 6.09. The van der Waals surface area contributed by atoms with Gasteiger partial charge in [-0.25, -0.2) is 13.2 Å². The molecule has 0 unspecified atom stereocenters. The number of morpholine rings is 1. The molecule has 194 valence electrons. The van der Waals surface area contributed by atoms with Crippen molar-refractivity contribution in [2.45, 2.75) is 6.04 Å². The molecule has 10 nitrogen and oxygen atoms in total. The summed E-state index contributed by atoms with van der Waals surface area (Å²) in [6.45, 7) is 1.80. The molecule has 0 spiro atoms. The summed E-state index contributed by atoms with van der Waals surface area (Å²) in [6, 6.07) is 17.2. The van der Waals surface area contributed by atoms with Crippen LogP contribution in [0.2, 0.25) is 5.02 Å². The van der Waals surface area contributed by atoms with Crippen molar-refractivity contribution in [1.82, 2.24) is 19.4 Å². The van der Waals surface area contributed by atoms with E-state index >= 15 is 0 Å². The summed E-state index contributed by atoms with van der Waals surface area (Å²) in [5, 5.41) is 8.34. The van der Waals surface area contributed by atoms with Crippen molar-refractivity contribution in [2.24, 2.45) is 0 Å². The number of carbonyl (C=O) groups is 1. The Morgan fingerprint density at radius 1 is 1.05 bits per heavy atom. The lowest BCUT2D eigenvalue weighted by molar-refractivity contribution is 0.0730. The highest BCUT2D eigenvalue weighted by Crippen LogP contribution is 2.36. The quantitative estimate of drug-likeness (QED) is 0.427. The van der Waals surface area contributed by atoms with Crippen LogP contribution in [0.4, 0.5) is 10.5 Å². The molecule has 37 heavy (non-hydrogen) atoms. The molecule has 2 saturated heterocycles. The van der Waals surface area contributed by atoms with Crippen molar-refractivity contribution in [2.75, 3.05) is 50.0 Å². The minimum absolute atomic E-state index is 0.0783. The van der Waals surface area contributed by atoms with Crippen LogP contribution in [0.1, 0.15) is 11.6 Å². The second-order valence-corrected chi connectivity index (χ2v) is 11.2. The maximum absolute atomic E-state index is 13.6. The zero-order valence-corrected chi connectivity index (χ0v) is 21.5. The average molecular weight is 544 g/mol. The summed E-state index contributed by atoms with van der Waals surface area (Å²) < 4.78 is 38.3. The van der Waals surface area contributed by atoms with E-state index in [4.69, 9.17) is 21.1 Å². The molecule has 2 amide bonds. The number of carbonyl (C=O) groups excluding carboxylic acids is 1. The van der Waals surface area contributed by atoms with Gasteiger partial charge in [0.1, 0.15) is 5.75 Å². The van der Waals surface area contributed by atoms with Gasteiger partial charge in [-0.2, -0.15) is 9.40 Å². The average Bonchev–Trinajstić information content (AvgIpc) is 3.25. The van der Waals surface area contributed by atoms with Gasteiger partial charge in [0.2, 0.25) is 15.9 Å². The fourth-order valence-electron chi connectivity index (χ4n) is 4.41. The molecule has 0 aliphatic carbocycles. The molecular weight excluding hydrogens is 518 g/mol. The van der Waals surface area contributed by atoms with Gasteiger partial charge in [0.25, 0.3) is 0 Å². The lowest BCUT2D eigenvalue weighted by atomic mass is 10.1. The third-order valence-corrected chi connectivity index (χ3v) is 8.38. The van der Waals surface area contributed by atoms with Gasteiger partial charge in [0, 0.05) is 49.2 Å². The van der Waals surface area contributed by atoms with Crippen molar-refractivity contribution in [3.8, 4) is 11.6 Å². The highest BCUT2D eigenvalue weighted by molar-refractivity contribution is 7.89. The molecule has 2 aliphatic heterocycles. The van der Waals surface area contributed by atoms with Gasteiger partial charge >= 0.3 is 6.03 Å². The molecule has 2 aromatic carbocycles. The van der Waals surface area contributed by atoms with Gasteiger partial charge < -0.3 is 14.4 Å². The van der Waals surface area contributed by atoms with E-state index in [9.17, 15) is 13.2 Å². The van der Waals surface area contributed by atoms with Crippen LogP contribution in [-0.4, -0.2) is 79.0 Å². The Balaban J connectivity index is 1.39. The summed E-state index contributed by atoms with van der Waals surface area (Å²) in [6.07, 6.45) is 1.56. The maximum atomic E-state index is 13.6. The number of hydrogen-bond acceptors (Lipinski definition) is 7. The van der Waals surface area contributed by atoms with E-state index in [0.717, 1.165) is 5.56 Å². The van der Waals surface area contributed by atoms with Crippen LogP contribution in [-0.2, 0) is 14.8 Å². The topological polar surface area (TPSA) is 105 Å². The third kappa shape index (κ3) is 5.85. The smallest absolute Gasteiger partial charge is 0.325 e. The van der Waals surface area contributed by atoms with Crippen LogP contribution in [0, 0.1) is 0 Å². The monoisotopic (exact) mass is 543 g/mol. The van der Waals surface area contributed by atoms with E-state index in [1.165, 1.54) is 4.31 Å². The first-order chi connectivity index (χ1) is 17.9. The van der Waals surface area contributed by atoms with Crippen LogP contribution in [0.3, 0.4) is 0 Å². The molecule has 12 heteroatoms. The summed E-state index contributed by atoms with van der Waals surface area (Å²) in [4.78, 5) is 16.8. The number of sulfonamides is 1. The minimum atomic E-state index is -3.51. The Bertz CT molecular complexity index is 1340. The van der Waals surface area contributed by atoms with Gasteiger partial charge in [-0.1, -0.05) is 23.7 Å². The van der Waals surface area contributed by atoms with Crippen LogP contribution in [0.25, 0.3) is 0 Å². The molecule has 3 heterocycles. The Morgan fingerprint density at radius 2 is 1.84 bits per heavy atom. The maximum Gasteiger partial charge on any atom is 0.325 e. The van der Waals surface area contributed by atoms with E-state index in [1.54, 1.807) is 58.5 Å². The zero-order valence-electron chi connectivity index (χ0n) is 19.9. The number of anilines is 1. The van der Waals surface area contributed by atoms with Crippen molar-refractivity contribution in [3.05, 3.63) is 77.4 Å². The minimum Gasteiger partial charge on any atom is -0.438 e.